The van der Waals surface area contributed by atoms with E-state index in [1.165, 1.54) is 0 Å². The minimum atomic E-state index is -3.28. The number of carbonyl (C=O) groups is 2. The lowest BCUT2D eigenvalue weighted by atomic mass is 9.76. The Balaban J connectivity index is 2.70. The van der Waals surface area contributed by atoms with Gasteiger partial charge in [0, 0.05) is 6.26 Å². The van der Waals surface area contributed by atoms with Gasteiger partial charge < -0.3 is 16.2 Å². The van der Waals surface area contributed by atoms with E-state index in [-0.39, 0.29) is 12.2 Å². The van der Waals surface area contributed by atoms with Gasteiger partial charge in [-0.3, -0.25) is 4.79 Å². The molecular formula is C13H24N2O5S. The predicted octanol–water partition coefficient (Wildman–Crippen LogP) is -0.102. The van der Waals surface area contributed by atoms with Gasteiger partial charge in [-0.1, -0.05) is 19.8 Å². The van der Waals surface area contributed by atoms with Crippen LogP contribution in [-0.2, 0) is 19.4 Å². The maximum Gasteiger partial charge on any atom is 0.326 e. The molecule has 0 heterocycles. The van der Waals surface area contributed by atoms with E-state index >= 15 is 0 Å². The Morgan fingerprint density at radius 2 is 2.10 bits per heavy atom. The van der Waals surface area contributed by atoms with Crippen molar-refractivity contribution in [3.8, 4) is 0 Å². The van der Waals surface area contributed by atoms with E-state index in [2.05, 4.69) is 5.32 Å². The Hall–Kier alpha value is -1.15. The highest BCUT2D eigenvalue weighted by Gasteiger charge is 2.39. The molecule has 0 spiro atoms. The molecule has 21 heavy (non-hydrogen) atoms. The zero-order chi connectivity index (χ0) is 16.3. The molecule has 1 aliphatic rings. The molecule has 1 fully saturated rings. The van der Waals surface area contributed by atoms with Crippen molar-refractivity contribution in [2.45, 2.75) is 50.6 Å². The van der Waals surface area contributed by atoms with Crippen LogP contribution in [0.2, 0.25) is 0 Å². The number of nitrogens with one attached hydrogen (secondary N) is 1. The zero-order valence-electron chi connectivity index (χ0n) is 12.5. The number of carboxylic acids is 1. The van der Waals surface area contributed by atoms with Crippen molar-refractivity contribution >= 4 is 21.7 Å². The third kappa shape index (κ3) is 5.62. The SMILES string of the molecule is CC1CCCC(N)(C(=O)NC(CCS(C)(=O)=O)C(=O)O)C1. The smallest absolute Gasteiger partial charge is 0.326 e. The van der Waals surface area contributed by atoms with E-state index in [0.717, 1.165) is 19.1 Å². The van der Waals surface area contributed by atoms with Gasteiger partial charge in [0.05, 0.1) is 11.3 Å². The van der Waals surface area contributed by atoms with Gasteiger partial charge in [0.1, 0.15) is 15.9 Å². The standard InChI is InChI=1S/C13H24N2O5S/c1-9-4-3-6-13(14,8-9)12(18)15-10(11(16)17)5-7-21(2,19)20/h9-10H,3-8,14H2,1-2H3,(H,15,18)(H,16,17). The first-order valence-corrected chi connectivity index (χ1v) is 9.10. The fraction of sp³-hybridized carbons (Fsp3) is 0.846. The summed E-state index contributed by atoms with van der Waals surface area (Å²) >= 11 is 0. The van der Waals surface area contributed by atoms with Crippen molar-refractivity contribution in [1.82, 2.24) is 5.32 Å². The summed E-state index contributed by atoms with van der Waals surface area (Å²) < 4.78 is 22.2. The molecule has 0 saturated heterocycles. The summed E-state index contributed by atoms with van der Waals surface area (Å²) in [6, 6.07) is -1.23. The first-order valence-electron chi connectivity index (χ1n) is 7.04. The topological polar surface area (TPSA) is 127 Å². The van der Waals surface area contributed by atoms with Gasteiger partial charge in [0.25, 0.3) is 0 Å². The largest absolute Gasteiger partial charge is 0.480 e. The molecule has 1 rings (SSSR count). The van der Waals surface area contributed by atoms with E-state index < -0.39 is 33.3 Å². The fourth-order valence-electron chi connectivity index (χ4n) is 2.69. The number of hydrogen-bond donors (Lipinski definition) is 3. The molecule has 0 bridgehead atoms. The normalized spacial score (nSPS) is 27.9. The van der Waals surface area contributed by atoms with E-state index in [1.807, 2.05) is 6.92 Å². The summed E-state index contributed by atoms with van der Waals surface area (Å²) in [6.07, 6.45) is 3.72. The minimum absolute atomic E-state index is 0.161. The van der Waals surface area contributed by atoms with E-state index in [9.17, 15) is 18.0 Å². The Labute approximate surface area is 125 Å². The number of rotatable bonds is 6. The number of hydrogen-bond acceptors (Lipinski definition) is 5. The lowest BCUT2D eigenvalue weighted by molar-refractivity contribution is -0.143. The molecule has 1 amide bonds. The van der Waals surface area contributed by atoms with Crippen LogP contribution in [-0.4, -0.2) is 49.0 Å². The van der Waals surface area contributed by atoms with Crippen molar-refractivity contribution in [2.75, 3.05) is 12.0 Å². The van der Waals surface area contributed by atoms with Gasteiger partial charge in [0.2, 0.25) is 5.91 Å². The Morgan fingerprint density at radius 3 is 2.57 bits per heavy atom. The summed E-state index contributed by atoms with van der Waals surface area (Å²) in [6.45, 7) is 2.01. The van der Waals surface area contributed by atoms with Gasteiger partial charge in [-0.15, -0.1) is 0 Å². The summed E-state index contributed by atoms with van der Waals surface area (Å²) in [5.41, 5.74) is 5.04. The summed E-state index contributed by atoms with van der Waals surface area (Å²) in [5.74, 6) is -1.73. The number of aliphatic carboxylic acids is 1. The van der Waals surface area contributed by atoms with E-state index in [1.54, 1.807) is 0 Å². The molecule has 0 radical (unpaired) electrons. The van der Waals surface area contributed by atoms with Crippen LogP contribution in [0.1, 0.15) is 39.0 Å². The van der Waals surface area contributed by atoms with Gasteiger partial charge in [-0.25, -0.2) is 13.2 Å². The van der Waals surface area contributed by atoms with Gasteiger partial charge in [0.15, 0.2) is 0 Å². The quantitative estimate of drug-likeness (QED) is 0.627. The van der Waals surface area contributed by atoms with Crippen LogP contribution in [0.4, 0.5) is 0 Å². The number of nitrogens with two attached hydrogens (primary N) is 1. The van der Waals surface area contributed by atoms with Crippen LogP contribution in [0.5, 0.6) is 0 Å². The highest BCUT2D eigenvalue weighted by Crippen LogP contribution is 2.30. The van der Waals surface area contributed by atoms with E-state index in [4.69, 9.17) is 10.8 Å². The highest BCUT2D eigenvalue weighted by molar-refractivity contribution is 7.90. The van der Waals surface area contributed by atoms with Crippen LogP contribution in [0.25, 0.3) is 0 Å². The highest BCUT2D eigenvalue weighted by atomic mass is 32.2. The molecule has 0 aromatic rings. The van der Waals surface area contributed by atoms with Gasteiger partial charge in [-0.05, 0) is 25.2 Å². The van der Waals surface area contributed by atoms with Crippen molar-refractivity contribution in [3.63, 3.8) is 0 Å². The number of carboxylic acid groups (broad SMARTS) is 1. The Kier molecular flexibility index (Phi) is 5.75. The number of amides is 1. The molecule has 3 atom stereocenters. The molecule has 0 aromatic heterocycles. The molecular weight excluding hydrogens is 296 g/mol. The molecule has 122 valence electrons. The molecule has 4 N–H and O–H groups in total. The van der Waals surface area contributed by atoms with Crippen molar-refractivity contribution < 1.29 is 23.1 Å². The van der Waals surface area contributed by atoms with Crippen molar-refractivity contribution in [3.05, 3.63) is 0 Å². The average Bonchev–Trinajstić information content (AvgIpc) is 2.32. The summed E-state index contributed by atoms with van der Waals surface area (Å²) in [7, 11) is -3.28. The monoisotopic (exact) mass is 320 g/mol. The van der Waals surface area contributed by atoms with Gasteiger partial charge >= 0.3 is 5.97 Å². The molecule has 1 saturated carbocycles. The lowest BCUT2D eigenvalue weighted by Gasteiger charge is -2.36. The van der Waals surface area contributed by atoms with Crippen LogP contribution in [0.3, 0.4) is 0 Å². The second-order valence-corrected chi connectivity index (χ2v) is 8.40. The first kappa shape index (κ1) is 17.9. The minimum Gasteiger partial charge on any atom is -0.480 e. The third-order valence-electron chi connectivity index (χ3n) is 3.87. The van der Waals surface area contributed by atoms with Crippen LogP contribution >= 0.6 is 0 Å². The average molecular weight is 320 g/mol. The molecule has 7 nitrogen and oxygen atoms in total. The third-order valence-corrected chi connectivity index (χ3v) is 4.84. The molecule has 0 aliphatic heterocycles. The second kappa shape index (κ2) is 6.74. The maximum absolute atomic E-state index is 12.3. The van der Waals surface area contributed by atoms with Crippen molar-refractivity contribution in [1.29, 1.82) is 0 Å². The maximum atomic E-state index is 12.3. The first-order chi connectivity index (χ1) is 9.53. The summed E-state index contributed by atoms with van der Waals surface area (Å²) in [5, 5.41) is 11.5. The lowest BCUT2D eigenvalue weighted by Crippen LogP contribution is -2.59. The molecule has 1 aliphatic carbocycles. The zero-order valence-corrected chi connectivity index (χ0v) is 13.3. The van der Waals surface area contributed by atoms with E-state index in [0.29, 0.717) is 18.8 Å². The number of carbonyl (C=O) groups excluding carboxylic acids is 1. The molecule has 0 aromatic carbocycles. The van der Waals surface area contributed by atoms with Crippen molar-refractivity contribution in [2.24, 2.45) is 11.7 Å². The Morgan fingerprint density at radius 1 is 1.48 bits per heavy atom. The fourth-order valence-corrected chi connectivity index (χ4v) is 3.35. The van der Waals surface area contributed by atoms with Crippen LogP contribution < -0.4 is 11.1 Å². The molecule has 3 unspecified atom stereocenters. The number of sulfone groups is 1. The second-order valence-electron chi connectivity index (χ2n) is 6.14. The van der Waals surface area contributed by atoms with Crippen LogP contribution in [0.15, 0.2) is 0 Å². The Bertz CT molecular complexity index is 505. The summed E-state index contributed by atoms with van der Waals surface area (Å²) in [4.78, 5) is 23.4. The van der Waals surface area contributed by atoms with Crippen LogP contribution in [0, 0.1) is 5.92 Å². The van der Waals surface area contributed by atoms with Gasteiger partial charge in [-0.2, -0.15) is 0 Å². The predicted molar refractivity (Wildman–Crippen MR) is 78.4 cm³/mol. The molecule has 8 heteroatoms.